The van der Waals surface area contributed by atoms with Crippen molar-refractivity contribution >= 4 is 0 Å². The Kier molecular flexibility index (Phi) is 2.48. The summed E-state index contributed by atoms with van der Waals surface area (Å²) < 4.78 is 7.42. The number of likely N-dealkylation sites (tertiary alicyclic amines) is 1. The van der Waals surface area contributed by atoms with Crippen LogP contribution < -0.4 is 0 Å². The third-order valence-corrected chi connectivity index (χ3v) is 3.67. The summed E-state index contributed by atoms with van der Waals surface area (Å²) in [7, 11) is 0. The van der Waals surface area contributed by atoms with Gasteiger partial charge in [0.15, 0.2) is 0 Å². The fourth-order valence-corrected chi connectivity index (χ4v) is 2.46. The maximum absolute atomic E-state index is 5.22. The summed E-state index contributed by atoms with van der Waals surface area (Å²) in [4.78, 5) is 2.50. The van der Waals surface area contributed by atoms with Crippen molar-refractivity contribution in [2.75, 3.05) is 26.3 Å². The lowest BCUT2D eigenvalue weighted by Crippen LogP contribution is -2.59. The van der Waals surface area contributed by atoms with Gasteiger partial charge in [-0.05, 0) is 12.0 Å². The van der Waals surface area contributed by atoms with Gasteiger partial charge in [0.2, 0.25) is 0 Å². The molecule has 3 rings (SSSR count). The van der Waals surface area contributed by atoms with Crippen LogP contribution in [0.15, 0.2) is 12.3 Å². The lowest BCUT2D eigenvalue weighted by atomic mass is 10.0. The second-order valence-corrected chi connectivity index (χ2v) is 5.15. The molecular formula is C12H19N3O. The first-order valence-corrected chi connectivity index (χ1v) is 6.11. The van der Waals surface area contributed by atoms with Gasteiger partial charge in [-0.1, -0.05) is 13.8 Å². The molecule has 2 aliphatic rings. The summed E-state index contributed by atoms with van der Waals surface area (Å²) in [6, 6.07) is 3.39. The second kappa shape index (κ2) is 3.86. The van der Waals surface area contributed by atoms with Gasteiger partial charge >= 0.3 is 0 Å². The topological polar surface area (TPSA) is 30.3 Å². The van der Waals surface area contributed by atoms with Crippen molar-refractivity contribution in [3.63, 3.8) is 0 Å². The molecular weight excluding hydrogens is 202 g/mol. The SMILES string of the molecule is CC(C)c1ccnn1C1CN(C2COC2)C1. The summed E-state index contributed by atoms with van der Waals surface area (Å²) in [6.07, 6.45) is 1.92. The van der Waals surface area contributed by atoms with Crippen molar-refractivity contribution in [3.05, 3.63) is 18.0 Å². The number of rotatable bonds is 3. The smallest absolute Gasteiger partial charge is 0.0776 e. The fraction of sp³-hybridized carbons (Fsp3) is 0.750. The molecule has 1 aromatic heterocycles. The predicted octanol–water partition coefficient (Wildman–Crippen LogP) is 1.26. The molecule has 0 aliphatic carbocycles. The molecule has 2 saturated heterocycles. The number of nitrogens with zero attached hydrogens (tertiary/aromatic N) is 3. The van der Waals surface area contributed by atoms with Crippen LogP contribution in [-0.4, -0.2) is 47.0 Å². The van der Waals surface area contributed by atoms with E-state index in [1.165, 1.54) is 5.69 Å². The van der Waals surface area contributed by atoms with Gasteiger partial charge < -0.3 is 4.74 Å². The van der Waals surface area contributed by atoms with Crippen LogP contribution in [0.3, 0.4) is 0 Å². The van der Waals surface area contributed by atoms with Gasteiger partial charge in [0.05, 0.1) is 25.3 Å². The molecule has 0 spiro atoms. The molecule has 0 bridgehead atoms. The quantitative estimate of drug-likeness (QED) is 0.770. The van der Waals surface area contributed by atoms with E-state index in [4.69, 9.17) is 4.74 Å². The van der Waals surface area contributed by atoms with Crippen molar-refractivity contribution in [2.45, 2.75) is 31.8 Å². The number of hydrogen-bond donors (Lipinski definition) is 0. The molecule has 2 fully saturated rings. The van der Waals surface area contributed by atoms with Crippen LogP contribution in [0.4, 0.5) is 0 Å². The Hall–Kier alpha value is -0.870. The molecule has 2 aliphatic heterocycles. The minimum Gasteiger partial charge on any atom is -0.378 e. The van der Waals surface area contributed by atoms with Gasteiger partial charge in [-0.15, -0.1) is 0 Å². The molecule has 1 aromatic rings. The van der Waals surface area contributed by atoms with Crippen molar-refractivity contribution in [1.82, 2.24) is 14.7 Å². The summed E-state index contributed by atoms with van der Waals surface area (Å²) in [6.45, 7) is 8.56. The molecule has 0 atom stereocenters. The molecule has 0 saturated carbocycles. The van der Waals surface area contributed by atoms with Gasteiger partial charge in [0.25, 0.3) is 0 Å². The monoisotopic (exact) mass is 221 g/mol. The van der Waals surface area contributed by atoms with Crippen molar-refractivity contribution < 1.29 is 4.74 Å². The molecule has 0 unspecified atom stereocenters. The Morgan fingerprint density at radius 1 is 1.31 bits per heavy atom. The minimum atomic E-state index is 0.559. The van der Waals surface area contributed by atoms with E-state index in [2.05, 4.69) is 34.6 Å². The zero-order valence-corrected chi connectivity index (χ0v) is 9.97. The minimum absolute atomic E-state index is 0.559. The van der Waals surface area contributed by atoms with E-state index < -0.39 is 0 Å². The Morgan fingerprint density at radius 3 is 2.62 bits per heavy atom. The Morgan fingerprint density at radius 2 is 2.06 bits per heavy atom. The van der Waals surface area contributed by atoms with E-state index in [0.29, 0.717) is 18.0 Å². The molecule has 3 heterocycles. The molecule has 0 radical (unpaired) electrons. The lowest BCUT2D eigenvalue weighted by molar-refractivity contribution is -0.100. The first kappa shape index (κ1) is 10.3. The van der Waals surface area contributed by atoms with E-state index in [1.54, 1.807) is 0 Å². The molecule has 0 N–H and O–H groups in total. The Balaban J connectivity index is 1.64. The molecule has 0 aromatic carbocycles. The lowest BCUT2D eigenvalue weighted by Gasteiger charge is -2.47. The van der Waals surface area contributed by atoms with E-state index in [0.717, 1.165) is 26.3 Å². The number of hydrogen-bond acceptors (Lipinski definition) is 3. The highest BCUT2D eigenvalue weighted by atomic mass is 16.5. The Labute approximate surface area is 96.2 Å². The van der Waals surface area contributed by atoms with Crippen LogP contribution in [-0.2, 0) is 4.74 Å². The normalized spacial score (nSPS) is 23.4. The summed E-state index contributed by atoms with van der Waals surface area (Å²) >= 11 is 0. The molecule has 4 nitrogen and oxygen atoms in total. The molecule has 4 heteroatoms. The van der Waals surface area contributed by atoms with E-state index in [9.17, 15) is 0 Å². The van der Waals surface area contributed by atoms with Gasteiger partial charge in [0, 0.05) is 25.0 Å². The van der Waals surface area contributed by atoms with E-state index in [1.807, 2.05) is 6.20 Å². The highest BCUT2D eigenvalue weighted by Crippen LogP contribution is 2.28. The highest BCUT2D eigenvalue weighted by molar-refractivity contribution is 5.08. The van der Waals surface area contributed by atoms with Gasteiger partial charge in [-0.2, -0.15) is 5.10 Å². The van der Waals surface area contributed by atoms with E-state index in [-0.39, 0.29) is 0 Å². The van der Waals surface area contributed by atoms with Gasteiger partial charge in [0.1, 0.15) is 0 Å². The summed E-state index contributed by atoms with van der Waals surface area (Å²) in [5.41, 5.74) is 1.36. The third kappa shape index (κ3) is 1.57. The summed E-state index contributed by atoms with van der Waals surface area (Å²) in [5.74, 6) is 0.559. The Bertz CT molecular complexity index is 364. The maximum Gasteiger partial charge on any atom is 0.0776 e. The third-order valence-electron chi connectivity index (χ3n) is 3.67. The number of aromatic nitrogens is 2. The zero-order chi connectivity index (χ0) is 11.1. The van der Waals surface area contributed by atoms with Crippen LogP contribution in [0.5, 0.6) is 0 Å². The first-order chi connectivity index (χ1) is 7.75. The van der Waals surface area contributed by atoms with Crippen molar-refractivity contribution in [2.24, 2.45) is 0 Å². The highest BCUT2D eigenvalue weighted by Gasteiger charge is 2.37. The molecule has 16 heavy (non-hydrogen) atoms. The first-order valence-electron chi connectivity index (χ1n) is 6.11. The molecule has 0 amide bonds. The van der Waals surface area contributed by atoms with Crippen LogP contribution >= 0.6 is 0 Å². The standard InChI is InChI=1S/C12H19N3O/c1-9(2)12-3-4-13-15(12)10-5-14(6-10)11-7-16-8-11/h3-4,9-11H,5-8H2,1-2H3. The van der Waals surface area contributed by atoms with Gasteiger partial charge in [-0.25, -0.2) is 0 Å². The van der Waals surface area contributed by atoms with Crippen molar-refractivity contribution in [1.29, 1.82) is 0 Å². The van der Waals surface area contributed by atoms with Crippen LogP contribution in [0.2, 0.25) is 0 Å². The van der Waals surface area contributed by atoms with Crippen LogP contribution in [0, 0.1) is 0 Å². The van der Waals surface area contributed by atoms with Gasteiger partial charge in [-0.3, -0.25) is 9.58 Å². The average molecular weight is 221 g/mol. The average Bonchev–Trinajstić information content (AvgIpc) is 2.54. The predicted molar refractivity (Wildman–Crippen MR) is 61.5 cm³/mol. The molecule has 88 valence electrons. The van der Waals surface area contributed by atoms with E-state index >= 15 is 0 Å². The number of ether oxygens (including phenoxy) is 1. The van der Waals surface area contributed by atoms with Crippen LogP contribution in [0.25, 0.3) is 0 Å². The largest absolute Gasteiger partial charge is 0.378 e. The summed E-state index contributed by atoms with van der Waals surface area (Å²) in [5, 5.41) is 4.46. The van der Waals surface area contributed by atoms with Crippen LogP contribution in [0.1, 0.15) is 31.5 Å². The van der Waals surface area contributed by atoms with Crippen molar-refractivity contribution in [3.8, 4) is 0 Å². The fourth-order valence-electron chi connectivity index (χ4n) is 2.46. The maximum atomic E-state index is 5.22. The second-order valence-electron chi connectivity index (χ2n) is 5.15. The zero-order valence-electron chi connectivity index (χ0n) is 9.97.